The lowest BCUT2D eigenvalue weighted by Crippen LogP contribution is -2.47. The summed E-state index contributed by atoms with van der Waals surface area (Å²) in [6.07, 6.45) is 4.96. The molecule has 0 radical (unpaired) electrons. The lowest BCUT2D eigenvalue weighted by atomic mass is 9.98. The van der Waals surface area contributed by atoms with Crippen LogP contribution < -0.4 is 0 Å². The molecule has 0 aromatic carbocycles. The molecule has 27 heavy (non-hydrogen) atoms. The smallest absolute Gasteiger partial charge is 0.272 e. The number of carbonyl (C=O) groups excluding carboxylic acids is 2. The number of likely N-dealkylation sites (tertiary alicyclic amines) is 2. The first-order valence-electron chi connectivity index (χ1n) is 9.89. The van der Waals surface area contributed by atoms with Crippen LogP contribution in [0.25, 0.3) is 0 Å². The topological polar surface area (TPSA) is 72.0 Å². The summed E-state index contributed by atoms with van der Waals surface area (Å²) in [6.45, 7) is 6.16. The van der Waals surface area contributed by atoms with Crippen molar-refractivity contribution in [2.45, 2.75) is 38.4 Å². The summed E-state index contributed by atoms with van der Waals surface area (Å²) in [5, 5.41) is 0. The highest BCUT2D eigenvalue weighted by Crippen LogP contribution is 2.31. The Morgan fingerprint density at radius 1 is 1.04 bits per heavy atom. The minimum absolute atomic E-state index is 0.0105. The Morgan fingerprint density at radius 3 is 2.33 bits per heavy atom. The van der Waals surface area contributed by atoms with E-state index in [-0.39, 0.29) is 11.8 Å². The summed E-state index contributed by atoms with van der Waals surface area (Å²) >= 11 is 0. The highest BCUT2D eigenvalue weighted by atomic mass is 16.7. The predicted molar refractivity (Wildman–Crippen MR) is 98.3 cm³/mol. The number of rotatable bonds is 2. The number of ether oxygens (including phenoxy) is 2. The summed E-state index contributed by atoms with van der Waals surface area (Å²) < 4.78 is 11.4. The molecule has 4 rings (SSSR count). The molecule has 1 aromatic heterocycles. The van der Waals surface area contributed by atoms with Crippen LogP contribution in [0.4, 0.5) is 0 Å². The van der Waals surface area contributed by atoms with Gasteiger partial charge in [0.1, 0.15) is 5.69 Å². The molecule has 3 aliphatic rings. The van der Waals surface area contributed by atoms with Gasteiger partial charge in [0.15, 0.2) is 5.79 Å². The van der Waals surface area contributed by atoms with Crippen molar-refractivity contribution in [2.75, 3.05) is 39.4 Å². The van der Waals surface area contributed by atoms with E-state index in [4.69, 9.17) is 9.47 Å². The van der Waals surface area contributed by atoms with Crippen molar-refractivity contribution < 1.29 is 19.1 Å². The lowest BCUT2D eigenvalue weighted by Gasteiger charge is -2.37. The first kappa shape index (κ1) is 18.4. The maximum Gasteiger partial charge on any atom is 0.272 e. The third-order valence-corrected chi connectivity index (χ3v) is 5.92. The molecule has 1 spiro atoms. The van der Waals surface area contributed by atoms with E-state index in [2.05, 4.69) is 11.9 Å². The number of hydrogen-bond acceptors (Lipinski definition) is 5. The SMILES string of the molecule is CC1CCN(C(=O)c2ccnc(C(=O)N3CCC4(CC3)OCCO4)c2)CC1. The lowest BCUT2D eigenvalue weighted by molar-refractivity contribution is -0.181. The quantitative estimate of drug-likeness (QED) is 0.792. The van der Waals surface area contributed by atoms with Gasteiger partial charge in [0.05, 0.1) is 13.2 Å². The second-order valence-corrected chi connectivity index (χ2v) is 7.80. The van der Waals surface area contributed by atoms with Crippen LogP contribution in [-0.2, 0) is 9.47 Å². The molecule has 0 saturated carbocycles. The molecule has 3 saturated heterocycles. The van der Waals surface area contributed by atoms with E-state index in [1.807, 2.05) is 4.90 Å². The van der Waals surface area contributed by atoms with Crippen LogP contribution in [0.2, 0.25) is 0 Å². The molecule has 3 fully saturated rings. The molecule has 0 unspecified atom stereocenters. The van der Waals surface area contributed by atoms with Crippen LogP contribution >= 0.6 is 0 Å². The summed E-state index contributed by atoms with van der Waals surface area (Å²) in [7, 11) is 0. The second-order valence-electron chi connectivity index (χ2n) is 7.80. The van der Waals surface area contributed by atoms with Crippen LogP contribution in [0, 0.1) is 5.92 Å². The Hall–Kier alpha value is -1.99. The number of nitrogens with zero attached hydrogens (tertiary/aromatic N) is 3. The normalized spacial score (nSPS) is 23.0. The van der Waals surface area contributed by atoms with Crippen LogP contribution in [0.3, 0.4) is 0 Å². The van der Waals surface area contributed by atoms with Gasteiger partial charge < -0.3 is 19.3 Å². The number of aromatic nitrogens is 1. The van der Waals surface area contributed by atoms with Gasteiger partial charge in [0, 0.05) is 50.8 Å². The minimum atomic E-state index is -0.507. The largest absolute Gasteiger partial charge is 0.347 e. The highest BCUT2D eigenvalue weighted by molar-refractivity contribution is 5.98. The highest BCUT2D eigenvalue weighted by Gasteiger charge is 2.41. The zero-order valence-corrected chi connectivity index (χ0v) is 15.9. The summed E-state index contributed by atoms with van der Waals surface area (Å²) in [5.41, 5.74) is 0.870. The summed E-state index contributed by atoms with van der Waals surface area (Å²) in [6, 6.07) is 3.33. The molecule has 7 heteroatoms. The molecule has 4 heterocycles. The minimum Gasteiger partial charge on any atom is -0.347 e. The van der Waals surface area contributed by atoms with Gasteiger partial charge in [-0.05, 0) is 30.9 Å². The van der Waals surface area contributed by atoms with Crippen molar-refractivity contribution in [1.29, 1.82) is 0 Å². The number of piperidine rings is 2. The van der Waals surface area contributed by atoms with Gasteiger partial charge >= 0.3 is 0 Å². The van der Waals surface area contributed by atoms with Crippen molar-refractivity contribution >= 4 is 11.8 Å². The Morgan fingerprint density at radius 2 is 1.67 bits per heavy atom. The third kappa shape index (κ3) is 3.84. The van der Waals surface area contributed by atoms with E-state index in [9.17, 15) is 9.59 Å². The average Bonchev–Trinajstić information content (AvgIpc) is 3.16. The monoisotopic (exact) mass is 373 g/mol. The summed E-state index contributed by atoms with van der Waals surface area (Å²) in [5.74, 6) is 0.0141. The molecular weight excluding hydrogens is 346 g/mol. The molecular formula is C20H27N3O4. The van der Waals surface area contributed by atoms with E-state index in [1.54, 1.807) is 23.2 Å². The van der Waals surface area contributed by atoms with E-state index in [0.717, 1.165) is 25.9 Å². The molecule has 0 aliphatic carbocycles. The van der Waals surface area contributed by atoms with Gasteiger partial charge in [0.2, 0.25) is 0 Å². The fourth-order valence-electron chi connectivity index (χ4n) is 4.07. The molecule has 0 bridgehead atoms. The Labute approximate surface area is 159 Å². The van der Waals surface area contributed by atoms with Crippen molar-refractivity contribution in [3.05, 3.63) is 29.6 Å². The fraction of sp³-hybridized carbons (Fsp3) is 0.650. The van der Waals surface area contributed by atoms with E-state index < -0.39 is 5.79 Å². The van der Waals surface area contributed by atoms with Crippen LogP contribution in [0.5, 0.6) is 0 Å². The zero-order chi connectivity index (χ0) is 18.9. The molecule has 7 nitrogen and oxygen atoms in total. The zero-order valence-electron chi connectivity index (χ0n) is 15.9. The standard InChI is InChI=1S/C20H27N3O4/c1-15-3-8-22(9-4-15)18(24)16-2-7-21-17(14-16)19(25)23-10-5-20(6-11-23)26-12-13-27-20/h2,7,14-15H,3-6,8-13H2,1H3. The predicted octanol–water partition coefficient (Wildman–Crippen LogP) is 1.93. The van der Waals surface area contributed by atoms with Crippen LogP contribution in [-0.4, -0.2) is 71.8 Å². The van der Waals surface area contributed by atoms with E-state index in [1.165, 1.54) is 0 Å². The fourth-order valence-corrected chi connectivity index (χ4v) is 4.07. The van der Waals surface area contributed by atoms with Gasteiger partial charge in [-0.25, -0.2) is 0 Å². The van der Waals surface area contributed by atoms with Gasteiger partial charge in [-0.1, -0.05) is 6.92 Å². The number of hydrogen-bond donors (Lipinski definition) is 0. The van der Waals surface area contributed by atoms with Crippen molar-refractivity contribution in [3.63, 3.8) is 0 Å². The van der Waals surface area contributed by atoms with E-state index >= 15 is 0 Å². The van der Waals surface area contributed by atoms with Gasteiger partial charge in [-0.15, -0.1) is 0 Å². The number of amides is 2. The molecule has 1 aromatic rings. The van der Waals surface area contributed by atoms with Crippen LogP contribution in [0.1, 0.15) is 53.5 Å². The van der Waals surface area contributed by atoms with Gasteiger partial charge in [-0.3, -0.25) is 14.6 Å². The molecule has 3 aliphatic heterocycles. The molecule has 146 valence electrons. The van der Waals surface area contributed by atoms with Crippen molar-refractivity contribution in [3.8, 4) is 0 Å². The van der Waals surface area contributed by atoms with Gasteiger partial charge in [0.25, 0.3) is 11.8 Å². The summed E-state index contributed by atoms with van der Waals surface area (Å²) in [4.78, 5) is 33.5. The van der Waals surface area contributed by atoms with Gasteiger partial charge in [-0.2, -0.15) is 0 Å². The van der Waals surface area contributed by atoms with E-state index in [0.29, 0.717) is 56.3 Å². The van der Waals surface area contributed by atoms with Crippen molar-refractivity contribution in [1.82, 2.24) is 14.8 Å². The average molecular weight is 373 g/mol. The first-order valence-corrected chi connectivity index (χ1v) is 9.89. The van der Waals surface area contributed by atoms with Crippen LogP contribution in [0.15, 0.2) is 18.3 Å². The Balaban J connectivity index is 1.41. The number of pyridine rings is 1. The number of carbonyl (C=O) groups is 2. The maximum absolute atomic E-state index is 12.9. The maximum atomic E-state index is 12.9. The Kier molecular flexibility index (Phi) is 5.14. The molecule has 0 N–H and O–H groups in total. The Bertz CT molecular complexity index is 699. The third-order valence-electron chi connectivity index (χ3n) is 5.92. The molecule has 0 atom stereocenters. The second kappa shape index (κ2) is 7.56. The van der Waals surface area contributed by atoms with Crippen molar-refractivity contribution in [2.24, 2.45) is 5.92 Å². The molecule has 2 amide bonds. The first-order chi connectivity index (χ1) is 13.1.